The van der Waals surface area contributed by atoms with E-state index in [1.165, 1.54) is 12.8 Å². The minimum absolute atomic E-state index is 0.367. The lowest BCUT2D eigenvalue weighted by Crippen LogP contribution is -2.50. The Bertz CT molecular complexity index is 258. The van der Waals surface area contributed by atoms with Crippen LogP contribution in [0.25, 0.3) is 0 Å². The number of piperidine rings is 1. The maximum Gasteiger partial charge on any atom is 0.0644 e. The molecule has 1 saturated heterocycles. The second-order valence-corrected chi connectivity index (χ2v) is 7.18. The molecule has 2 rings (SSSR count). The van der Waals surface area contributed by atoms with Gasteiger partial charge in [-0.3, -0.25) is 0 Å². The monoisotopic (exact) mass is 254 g/mol. The van der Waals surface area contributed by atoms with Crippen molar-refractivity contribution in [3.8, 4) is 0 Å². The molecule has 0 amide bonds. The fourth-order valence-corrected chi connectivity index (χ4v) is 3.80. The number of hydrogen-bond donors (Lipinski definition) is 2. The van der Waals surface area contributed by atoms with Crippen LogP contribution in [0.15, 0.2) is 0 Å². The molecule has 3 nitrogen and oxygen atoms in total. The largest absolute Gasteiger partial charge is 0.390 e. The van der Waals surface area contributed by atoms with Gasteiger partial charge in [0, 0.05) is 25.7 Å². The molecule has 1 saturated carbocycles. The van der Waals surface area contributed by atoms with Gasteiger partial charge in [0.25, 0.3) is 0 Å². The summed E-state index contributed by atoms with van der Waals surface area (Å²) in [6, 6.07) is 0.367. The van der Waals surface area contributed by atoms with Crippen LogP contribution in [0.1, 0.15) is 46.5 Å². The summed E-state index contributed by atoms with van der Waals surface area (Å²) in [5.74, 6) is 2.17. The van der Waals surface area contributed by atoms with Crippen molar-refractivity contribution in [1.29, 1.82) is 0 Å². The molecule has 4 atom stereocenters. The van der Waals surface area contributed by atoms with Gasteiger partial charge in [-0.1, -0.05) is 13.8 Å². The van der Waals surface area contributed by atoms with Crippen molar-refractivity contribution in [3.05, 3.63) is 0 Å². The molecular weight excluding hydrogens is 224 g/mol. The Morgan fingerprint density at radius 3 is 2.39 bits per heavy atom. The average molecular weight is 254 g/mol. The summed E-state index contributed by atoms with van der Waals surface area (Å²) in [7, 11) is 0. The second-order valence-electron chi connectivity index (χ2n) is 7.18. The molecule has 2 aliphatic rings. The Morgan fingerprint density at radius 1 is 1.22 bits per heavy atom. The normalized spacial score (nSPS) is 41.8. The van der Waals surface area contributed by atoms with E-state index in [1.807, 2.05) is 6.92 Å². The molecule has 0 radical (unpaired) electrons. The summed E-state index contributed by atoms with van der Waals surface area (Å²) in [5, 5.41) is 9.99. The lowest BCUT2D eigenvalue weighted by Gasteiger charge is -2.43. The zero-order valence-electron chi connectivity index (χ0n) is 12.2. The first-order valence-corrected chi connectivity index (χ1v) is 7.58. The fourth-order valence-electron chi connectivity index (χ4n) is 3.80. The molecule has 4 unspecified atom stereocenters. The summed E-state index contributed by atoms with van der Waals surface area (Å²) < 4.78 is 0. The SMILES string of the molecule is CC1CC(C)C(CN2CCC(C)(O)CC2)C(N)C1. The Labute approximate surface area is 112 Å². The zero-order valence-corrected chi connectivity index (χ0v) is 12.2. The van der Waals surface area contributed by atoms with E-state index in [0.29, 0.717) is 12.0 Å². The highest BCUT2D eigenvalue weighted by molar-refractivity contribution is 4.89. The predicted molar refractivity (Wildman–Crippen MR) is 75.3 cm³/mol. The van der Waals surface area contributed by atoms with Crippen LogP contribution in [0.2, 0.25) is 0 Å². The van der Waals surface area contributed by atoms with Crippen LogP contribution in [0.5, 0.6) is 0 Å². The van der Waals surface area contributed by atoms with E-state index in [-0.39, 0.29) is 0 Å². The molecule has 0 aromatic carbocycles. The Balaban J connectivity index is 1.86. The quantitative estimate of drug-likeness (QED) is 0.790. The maximum absolute atomic E-state index is 9.99. The highest BCUT2D eigenvalue weighted by Crippen LogP contribution is 2.34. The van der Waals surface area contributed by atoms with Gasteiger partial charge in [0.15, 0.2) is 0 Å². The standard InChI is InChI=1S/C15H30N2O/c1-11-8-12(2)13(14(16)9-11)10-17-6-4-15(3,18)5-7-17/h11-14,18H,4-10,16H2,1-3H3. The van der Waals surface area contributed by atoms with Crippen LogP contribution in [-0.2, 0) is 0 Å². The van der Waals surface area contributed by atoms with Crippen LogP contribution >= 0.6 is 0 Å². The average Bonchev–Trinajstić information content (AvgIpc) is 2.25. The minimum Gasteiger partial charge on any atom is -0.390 e. The van der Waals surface area contributed by atoms with E-state index in [0.717, 1.165) is 44.3 Å². The molecule has 3 N–H and O–H groups in total. The van der Waals surface area contributed by atoms with Gasteiger partial charge in [-0.2, -0.15) is 0 Å². The van der Waals surface area contributed by atoms with Crippen molar-refractivity contribution < 1.29 is 5.11 Å². The van der Waals surface area contributed by atoms with Gasteiger partial charge >= 0.3 is 0 Å². The number of aliphatic hydroxyl groups is 1. The van der Waals surface area contributed by atoms with E-state index in [1.54, 1.807) is 0 Å². The van der Waals surface area contributed by atoms with Gasteiger partial charge in [-0.15, -0.1) is 0 Å². The predicted octanol–water partition coefficient (Wildman–Crippen LogP) is 1.84. The Morgan fingerprint density at radius 2 is 1.83 bits per heavy atom. The molecule has 2 fully saturated rings. The van der Waals surface area contributed by atoms with Gasteiger partial charge in [-0.25, -0.2) is 0 Å². The first-order chi connectivity index (χ1) is 8.37. The summed E-state index contributed by atoms with van der Waals surface area (Å²) in [6.07, 6.45) is 4.31. The summed E-state index contributed by atoms with van der Waals surface area (Å²) >= 11 is 0. The van der Waals surface area contributed by atoms with Crippen LogP contribution in [0.4, 0.5) is 0 Å². The number of likely N-dealkylation sites (tertiary alicyclic amines) is 1. The topological polar surface area (TPSA) is 49.5 Å². The van der Waals surface area contributed by atoms with Crippen LogP contribution in [0, 0.1) is 17.8 Å². The zero-order chi connectivity index (χ0) is 13.3. The van der Waals surface area contributed by atoms with Gasteiger partial charge in [-0.05, 0) is 50.4 Å². The second kappa shape index (κ2) is 5.48. The lowest BCUT2D eigenvalue weighted by atomic mass is 9.72. The molecule has 106 valence electrons. The molecule has 18 heavy (non-hydrogen) atoms. The van der Waals surface area contributed by atoms with E-state index < -0.39 is 5.60 Å². The third-order valence-corrected chi connectivity index (χ3v) is 5.13. The first-order valence-electron chi connectivity index (χ1n) is 7.58. The lowest BCUT2D eigenvalue weighted by molar-refractivity contribution is -0.0145. The highest BCUT2D eigenvalue weighted by atomic mass is 16.3. The number of rotatable bonds is 2. The molecule has 1 heterocycles. The third-order valence-electron chi connectivity index (χ3n) is 5.13. The molecule has 0 bridgehead atoms. The van der Waals surface area contributed by atoms with E-state index in [9.17, 15) is 5.11 Å². The molecule has 3 heteroatoms. The molecule has 1 aliphatic heterocycles. The van der Waals surface area contributed by atoms with Crippen molar-refractivity contribution in [2.24, 2.45) is 23.5 Å². The molecule has 1 aliphatic carbocycles. The smallest absolute Gasteiger partial charge is 0.0644 e. The van der Waals surface area contributed by atoms with Crippen molar-refractivity contribution in [1.82, 2.24) is 4.90 Å². The van der Waals surface area contributed by atoms with Gasteiger partial charge in [0.1, 0.15) is 0 Å². The fraction of sp³-hybridized carbons (Fsp3) is 1.00. The van der Waals surface area contributed by atoms with Gasteiger partial charge < -0.3 is 15.7 Å². The minimum atomic E-state index is -0.439. The van der Waals surface area contributed by atoms with E-state index >= 15 is 0 Å². The van der Waals surface area contributed by atoms with Gasteiger partial charge in [0.2, 0.25) is 0 Å². The third kappa shape index (κ3) is 3.46. The van der Waals surface area contributed by atoms with Crippen LogP contribution < -0.4 is 5.73 Å². The summed E-state index contributed by atoms with van der Waals surface area (Å²) in [4.78, 5) is 2.51. The molecule has 0 aromatic heterocycles. The van der Waals surface area contributed by atoms with Crippen molar-refractivity contribution >= 4 is 0 Å². The van der Waals surface area contributed by atoms with Crippen LogP contribution in [-0.4, -0.2) is 41.3 Å². The highest BCUT2D eigenvalue weighted by Gasteiger charge is 2.35. The number of nitrogens with two attached hydrogens (primary N) is 1. The maximum atomic E-state index is 9.99. The first kappa shape index (κ1) is 14.3. The van der Waals surface area contributed by atoms with Crippen LogP contribution in [0.3, 0.4) is 0 Å². The Hall–Kier alpha value is -0.120. The van der Waals surface area contributed by atoms with E-state index in [4.69, 9.17) is 5.73 Å². The van der Waals surface area contributed by atoms with Crippen molar-refractivity contribution in [2.45, 2.75) is 58.1 Å². The molecule has 0 aromatic rings. The summed E-state index contributed by atoms with van der Waals surface area (Å²) in [6.45, 7) is 9.83. The molecule has 0 spiro atoms. The summed E-state index contributed by atoms with van der Waals surface area (Å²) in [5.41, 5.74) is 5.92. The Kier molecular flexibility index (Phi) is 4.35. The van der Waals surface area contributed by atoms with Crippen molar-refractivity contribution in [2.75, 3.05) is 19.6 Å². The van der Waals surface area contributed by atoms with Gasteiger partial charge in [0.05, 0.1) is 5.60 Å². The molecular formula is C15H30N2O. The van der Waals surface area contributed by atoms with Crippen molar-refractivity contribution in [3.63, 3.8) is 0 Å². The number of hydrogen-bond acceptors (Lipinski definition) is 3. The number of nitrogens with zero attached hydrogens (tertiary/aromatic N) is 1. The van der Waals surface area contributed by atoms with E-state index in [2.05, 4.69) is 18.7 Å².